The summed E-state index contributed by atoms with van der Waals surface area (Å²) in [4.78, 5) is 12.5. The van der Waals surface area contributed by atoms with Crippen molar-refractivity contribution in [2.75, 3.05) is 6.54 Å². The Morgan fingerprint density at radius 2 is 1.90 bits per heavy atom. The van der Waals surface area contributed by atoms with Gasteiger partial charge < -0.3 is 10.3 Å². The molecular weight excluding hydrogens is 254 g/mol. The number of nitrogens with zero attached hydrogens (tertiary/aromatic N) is 4. The number of aryl methyl sites for hydroxylation is 1. The van der Waals surface area contributed by atoms with Crippen LogP contribution in [-0.4, -0.2) is 26.7 Å². The Bertz CT molecular complexity index is 511. The third-order valence-corrected chi connectivity index (χ3v) is 3.44. The summed E-state index contributed by atoms with van der Waals surface area (Å²) in [5, 5.41) is 3.92. The maximum atomic E-state index is 5.65. The van der Waals surface area contributed by atoms with Crippen LogP contribution in [0.25, 0.3) is 11.6 Å². The van der Waals surface area contributed by atoms with Crippen LogP contribution in [0.3, 0.4) is 0 Å². The van der Waals surface area contributed by atoms with Crippen LogP contribution in [0.15, 0.2) is 23.0 Å². The van der Waals surface area contributed by atoms with E-state index in [0.29, 0.717) is 29.4 Å². The number of nitrogens with two attached hydrogens (primary N) is 1. The highest BCUT2D eigenvalue weighted by molar-refractivity contribution is 5.40. The van der Waals surface area contributed by atoms with E-state index < -0.39 is 0 Å². The van der Waals surface area contributed by atoms with Crippen molar-refractivity contribution in [1.29, 1.82) is 0 Å². The summed E-state index contributed by atoms with van der Waals surface area (Å²) in [6.07, 6.45) is 6.12. The van der Waals surface area contributed by atoms with Crippen molar-refractivity contribution in [3.8, 4) is 11.6 Å². The average molecular weight is 275 g/mol. The van der Waals surface area contributed by atoms with Gasteiger partial charge in [0.15, 0.2) is 0 Å². The Morgan fingerprint density at radius 1 is 1.15 bits per heavy atom. The minimum atomic E-state index is 0.445. The van der Waals surface area contributed by atoms with Crippen LogP contribution < -0.4 is 5.73 Å². The molecule has 0 saturated carbocycles. The van der Waals surface area contributed by atoms with E-state index in [-0.39, 0.29) is 0 Å². The van der Waals surface area contributed by atoms with Gasteiger partial charge in [0.25, 0.3) is 0 Å². The summed E-state index contributed by atoms with van der Waals surface area (Å²) in [6.45, 7) is 5.16. The first kappa shape index (κ1) is 14.6. The molecule has 2 aromatic heterocycles. The molecule has 108 valence electrons. The van der Waals surface area contributed by atoms with Crippen LogP contribution in [0, 0.1) is 11.8 Å². The van der Waals surface area contributed by atoms with Gasteiger partial charge in [-0.2, -0.15) is 4.98 Å². The largest absolute Gasteiger partial charge is 0.339 e. The third kappa shape index (κ3) is 3.84. The molecule has 2 rings (SSSR count). The summed E-state index contributed by atoms with van der Waals surface area (Å²) in [5.74, 6) is 2.77. The van der Waals surface area contributed by atoms with Crippen molar-refractivity contribution in [2.45, 2.75) is 33.1 Å². The Hall–Kier alpha value is -1.82. The van der Waals surface area contributed by atoms with Crippen LogP contribution in [0.5, 0.6) is 0 Å². The molecule has 0 amide bonds. The van der Waals surface area contributed by atoms with Gasteiger partial charge in [-0.3, -0.25) is 0 Å². The lowest BCUT2D eigenvalue weighted by Crippen LogP contribution is -2.15. The molecule has 2 N–H and O–H groups in total. The summed E-state index contributed by atoms with van der Waals surface area (Å²) in [7, 11) is 0. The highest BCUT2D eigenvalue weighted by atomic mass is 16.5. The minimum absolute atomic E-state index is 0.445. The Kier molecular flexibility index (Phi) is 5.17. The van der Waals surface area contributed by atoms with Crippen molar-refractivity contribution in [3.63, 3.8) is 0 Å². The zero-order chi connectivity index (χ0) is 14.4. The van der Waals surface area contributed by atoms with E-state index in [9.17, 15) is 0 Å². The van der Waals surface area contributed by atoms with Crippen molar-refractivity contribution in [2.24, 2.45) is 17.6 Å². The zero-order valence-corrected chi connectivity index (χ0v) is 12.0. The van der Waals surface area contributed by atoms with E-state index >= 15 is 0 Å². The van der Waals surface area contributed by atoms with Crippen LogP contribution in [-0.2, 0) is 6.42 Å². The lowest BCUT2D eigenvalue weighted by Gasteiger charge is -2.18. The molecule has 0 aromatic carbocycles. The van der Waals surface area contributed by atoms with Crippen LogP contribution >= 0.6 is 0 Å². The minimum Gasteiger partial charge on any atom is -0.339 e. The van der Waals surface area contributed by atoms with E-state index in [1.54, 1.807) is 18.5 Å². The molecule has 6 nitrogen and oxygen atoms in total. The summed E-state index contributed by atoms with van der Waals surface area (Å²) in [5.41, 5.74) is 5.65. The molecule has 0 saturated heterocycles. The normalized spacial score (nSPS) is 12.8. The molecule has 6 heteroatoms. The van der Waals surface area contributed by atoms with Crippen LogP contribution in [0.4, 0.5) is 0 Å². The molecule has 0 fully saturated rings. The van der Waals surface area contributed by atoms with Gasteiger partial charge in [0.2, 0.25) is 17.5 Å². The second kappa shape index (κ2) is 7.09. The highest BCUT2D eigenvalue weighted by Gasteiger charge is 2.16. The fourth-order valence-electron chi connectivity index (χ4n) is 2.20. The van der Waals surface area contributed by atoms with Gasteiger partial charge >= 0.3 is 0 Å². The molecule has 0 spiro atoms. The molecule has 1 atom stereocenters. The van der Waals surface area contributed by atoms with Gasteiger partial charge in [-0.1, -0.05) is 19.0 Å². The van der Waals surface area contributed by atoms with Gasteiger partial charge in [0.1, 0.15) is 0 Å². The lowest BCUT2D eigenvalue weighted by molar-refractivity contribution is 0.313. The maximum Gasteiger partial charge on any atom is 0.240 e. The molecule has 0 aliphatic rings. The first-order valence-electron chi connectivity index (χ1n) is 7.00. The monoisotopic (exact) mass is 275 g/mol. The standard InChI is InChI=1S/C14H21N5O/c1-10(2)11(6-7-15)4-5-12-18-14(19-20-12)13-16-8-3-9-17-13/h3,8-11H,4-7,15H2,1-2H3. The van der Waals surface area contributed by atoms with Gasteiger partial charge in [-0.05, 0) is 37.3 Å². The molecular formula is C14H21N5O. The topological polar surface area (TPSA) is 90.7 Å². The molecule has 0 bridgehead atoms. The van der Waals surface area contributed by atoms with E-state index in [2.05, 4.69) is 34.0 Å². The van der Waals surface area contributed by atoms with Crippen molar-refractivity contribution < 1.29 is 4.52 Å². The predicted molar refractivity (Wildman–Crippen MR) is 75.6 cm³/mol. The molecule has 2 aromatic rings. The Morgan fingerprint density at radius 3 is 2.55 bits per heavy atom. The van der Waals surface area contributed by atoms with Gasteiger partial charge in [0, 0.05) is 18.8 Å². The second-order valence-electron chi connectivity index (χ2n) is 5.20. The van der Waals surface area contributed by atoms with Gasteiger partial charge in [0.05, 0.1) is 0 Å². The first-order chi connectivity index (χ1) is 9.70. The Labute approximate surface area is 118 Å². The average Bonchev–Trinajstić information content (AvgIpc) is 2.93. The third-order valence-electron chi connectivity index (χ3n) is 3.44. The fourth-order valence-corrected chi connectivity index (χ4v) is 2.20. The van der Waals surface area contributed by atoms with Crippen LogP contribution in [0.1, 0.15) is 32.6 Å². The lowest BCUT2D eigenvalue weighted by atomic mass is 9.88. The maximum absolute atomic E-state index is 5.65. The molecule has 0 aliphatic heterocycles. The molecule has 0 radical (unpaired) electrons. The van der Waals surface area contributed by atoms with E-state index in [1.807, 2.05) is 0 Å². The fraction of sp³-hybridized carbons (Fsp3) is 0.571. The summed E-state index contributed by atoms with van der Waals surface area (Å²) in [6, 6.07) is 1.75. The first-order valence-corrected chi connectivity index (χ1v) is 7.00. The van der Waals surface area contributed by atoms with E-state index in [0.717, 1.165) is 25.8 Å². The number of rotatable bonds is 7. The molecule has 1 unspecified atom stereocenters. The van der Waals surface area contributed by atoms with Crippen LogP contribution in [0.2, 0.25) is 0 Å². The van der Waals surface area contributed by atoms with Crippen molar-refractivity contribution in [3.05, 3.63) is 24.4 Å². The Balaban J connectivity index is 1.96. The van der Waals surface area contributed by atoms with Crippen molar-refractivity contribution in [1.82, 2.24) is 20.1 Å². The SMILES string of the molecule is CC(C)C(CCN)CCc1nc(-c2ncccn2)no1. The summed E-state index contributed by atoms with van der Waals surface area (Å²) >= 11 is 0. The molecule has 20 heavy (non-hydrogen) atoms. The van der Waals surface area contributed by atoms with Gasteiger partial charge in [-0.15, -0.1) is 0 Å². The van der Waals surface area contributed by atoms with Gasteiger partial charge in [-0.25, -0.2) is 9.97 Å². The highest BCUT2D eigenvalue weighted by Crippen LogP contribution is 2.21. The number of hydrogen-bond donors (Lipinski definition) is 1. The van der Waals surface area contributed by atoms with E-state index in [1.165, 1.54) is 0 Å². The zero-order valence-electron chi connectivity index (χ0n) is 12.0. The molecule has 2 heterocycles. The second-order valence-corrected chi connectivity index (χ2v) is 5.20. The molecule has 0 aliphatic carbocycles. The van der Waals surface area contributed by atoms with Crippen molar-refractivity contribution >= 4 is 0 Å². The quantitative estimate of drug-likeness (QED) is 0.832. The number of hydrogen-bond acceptors (Lipinski definition) is 6. The number of aromatic nitrogens is 4. The summed E-state index contributed by atoms with van der Waals surface area (Å²) < 4.78 is 5.25. The van der Waals surface area contributed by atoms with E-state index in [4.69, 9.17) is 10.3 Å². The smallest absolute Gasteiger partial charge is 0.240 e. The predicted octanol–water partition coefficient (Wildman–Crippen LogP) is 2.08.